The summed E-state index contributed by atoms with van der Waals surface area (Å²) in [5, 5.41) is 11.2. The highest BCUT2D eigenvalue weighted by atomic mass is 16.5. The van der Waals surface area contributed by atoms with E-state index in [0.717, 1.165) is 0 Å². The monoisotopic (exact) mass is 274 g/mol. The van der Waals surface area contributed by atoms with Gasteiger partial charge in [0.15, 0.2) is 0 Å². The van der Waals surface area contributed by atoms with E-state index in [-0.39, 0.29) is 12.5 Å². The second-order valence-corrected chi connectivity index (χ2v) is 4.51. The van der Waals surface area contributed by atoms with Crippen LogP contribution in [0, 0.1) is 5.92 Å². The molecule has 2 amide bonds. The van der Waals surface area contributed by atoms with Gasteiger partial charge in [-0.25, -0.2) is 4.79 Å². The van der Waals surface area contributed by atoms with Crippen molar-refractivity contribution in [3.05, 3.63) is 0 Å². The van der Waals surface area contributed by atoms with Crippen molar-refractivity contribution < 1.29 is 24.2 Å². The van der Waals surface area contributed by atoms with Gasteiger partial charge in [-0.3, -0.25) is 9.59 Å². The van der Waals surface area contributed by atoms with Gasteiger partial charge in [-0.2, -0.15) is 0 Å². The largest absolute Gasteiger partial charge is 0.480 e. The first kappa shape index (κ1) is 17.2. The summed E-state index contributed by atoms with van der Waals surface area (Å²) in [5.74, 6) is -1.66. The van der Waals surface area contributed by atoms with Crippen LogP contribution < -0.4 is 5.32 Å². The molecule has 0 aliphatic carbocycles. The number of hydrogen-bond acceptors (Lipinski definition) is 4. The first-order valence-corrected chi connectivity index (χ1v) is 6.18. The van der Waals surface area contributed by atoms with Gasteiger partial charge in [0.1, 0.15) is 12.6 Å². The van der Waals surface area contributed by atoms with Gasteiger partial charge in [-0.05, 0) is 12.3 Å². The molecule has 0 bridgehead atoms. The summed E-state index contributed by atoms with van der Waals surface area (Å²) in [6.45, 7) is 5.34. The van der Waals surface area contributed by atoms with Crippen molar-refractivity contribution in [1.29, 1.82) is 0 Å². The topological polar surface area (TPSA) is 95.9 Å². The predicted octanol–water partition coefficient (Wildman–Crippen LogP) is 0.690. The van der Waals surface area contributed by atoms with Crippen LogP contribution >= 0.6 is 0 Å². The maximum Gasteiger partial charge on any atom is 0.407 e. The molecule has 1 atom stereocenters. The molecular formula is C12H22N2O5. The lowest BCUT2D eigenvalue weighted by molar-refractivity contribution is -0.145. The van der Waals surface area contributed by atoms with Gasteiger partial charge in [-0.15, -0.1) is 0 Å². The van der Waals surface area contributed by atoms with Crippen molar-refractivity contribution in [2.45, 2.75) is 33.2 Å². The zero-order valence-corrected chi connectivity index (χ0v) is 11.8. The van der Waals surface area contributed by atoms with Crippen molar-refractivity contribution in [1.82, 2.24) is 10.2 Å². The molecule has 110 valence electrons. The van der Waals surface area contributed by atoms with Crippen molar-refractivity contribution >= 4 is 18.0 Å². The SMILES string of the molecule is CCCN(CC(=O)O)C(=O)C(NC(=O)OC)C(C)C. The Bertz CT molecular complexity index is 330. The first-order chi connectivity index (χ1) is 8.83. The average Bonchev–Trinajstić information content (AvgIpc) is 2.33. The Morgan fingerprint density at radius 2 is 1.89 bits per heavy atom. The Morgan fingerprint density at radius 1 is 1.32 bits per heavy atom. The lowest BCUT2D eigenvalue weighted by atomic mass is 10.0. The van der Waals surface area contributed by atoms with Crippen LogP contribution in [0.4, 0.5) is 4.79 Å². The van der Waals surface area contributed by atoms with E-state index in [9.17, 15) is 14.4 Å². The highest BCUT2D eigenvalue weighted by molar-refractivity contribution is 5.88. The summed E-state index contributed by atoms with van der Waals surface area (Å²) in [6.07, 6.45) is -0.0685. The van der Waals surface area contributed by atoms with Gasteiger partial charge in [0, 0.05) is 6.54 Å². The molecule has 7 nitrogen and oxygen atoms in total. The second-order valence-electron chi connectivity index (χ2n) is 4.51. The predicted molar refractivity (Wildman–Crippen MR) is 68.7 cm³/mol. The quantitative estimate of drug-likeness (QED) is 0.712. The fourth-order valence-electron chi connectivity index (χ4n) is 1.60. The smallest absolute Gasteiger partial charge is 0.407 e. The normalized spacial score (nSPS) is 11.8. The molecule has 0 rings (SSSR count). The minimum absolute atomic E-state index is 0.167. The minimum atomic E-state index is -1.08. The van der Waals surface area contributed by atoms with Crippen molar-refractivity contribution in [3.63, 3.8) is 0 Å². The van der Waals surface area contributed by atoms with E-state index in [1.165, 1.54) is 12.0 Å². The number of nitrogens with one attached hydrogen (secondary N) is 1. The summed E-state index contributed by atoms with van der Waals surface area (Å²) in [4.78, 5) is 35.4. The number of aliphatic carboxylic acids is 1. The zero-order chi connectivity index (χ0) is 15.0. The maximum atomic E-state index is 12.3. The van der Waals surface area contributed by atoms with Gasteiger partial charge >= 0.3 is 12.1 Å². The molecule has 0 saturated heterocycles. The van der Waals surface area contributed by atoms with Gasteiger partial charge in [0.05, 0.1) is 7.11 Å². The lowest BCUT2D eigenvalue weighted by Gasteiger charge is -2.28. The van der Waals surface area contributed by atoms with E-state index in [0.29, 0.717) is 13.0 Å². The summed E-state index contributed by atoms with van der Waals surface area (Å²) >= 11 is 0. The van der Waals surface area contributed by atoms with Gasteiger partial charge in [-0.1, -0.05) is 20.8 Å². The molecule has 0 radical (unpaired) electrons. The number of alkyl carbamates (subject to hydrolysis) is 1. The fourth-order valence-corrected chi connectivity index (χ4v) is 1.60. The van der Waals surface area contributed by atoms with Crippen LogP contribution in [0.15, 0.2) is 0 Å². The molecular weight excluding hydrogens is 252 g/mol. The molecule has 0 aliphatic rings. The maximum absolute atomic E-state index is 12.3. The molecule has 7 heteroatoms. The number of carboxylic acid groups (broad SMARTS) is 1. The Labute approximate surface area is 112 Å². The number of rotatable bonds is 7. The van der Waals surface area contributed by atoms with Crippen LogP contribution in [-0.2, 0) is 14.3 Å². The third-order valence-electron chi connectivity index (χ3n) is 2.52. The molecule has 1 unspecified atom stereocenters. The van der Waals surface area contributed by atoms with Crippen LogP contribution in [0.2, 0.25) is 0 Å². The van der Waals surface area contributed by atoms with E-state index in [4.69, 9.17) is 5.11 Å². The summed E-state index contributed by atoms with van der Waals surface area (Å²) < 4.78 is 4.46. The molecule has 0 fully saturated rings. The molecule has 0 aromatic carbocycles. The summed E-state index contributed by atoms with van der Waals surface area (Å²) in [7, 11) is 1.21. The van der Waals surface area contributed by atoms with E-state index < -0.39 is 24.0 Å². The van der Waals surface area contributed by atoms with Crippen molar-refractivity contribution in [3.8, 4) is 0 Å². The Hall–Kier alpha value is -1.79. The second kappa shape index (κ2) is 8.34. The number of carbonyl (C=O) groups is 3. The molecule has 0 saturated carbocycles. The molecule has 19 heavy (non-hydrogen) atoms. The number of ether oxygens (including phenoxy) is 1. The van der Waals surface area contributed by atoms with E-state index in [1.54, 1.807) is 13.8 Å². The number of hydrogen-bond donors (Lipinski definition) is 2. The Kier molecular flexibility index (Phi) is 7.55. The third-order valence-corrected chi connectivity index (χ3v) is 2.52. The van der Waals surface area contributed by atoms with Crippen molar-refractivity contribution in [2.24, 2.45) is 5.92 Å². The zero-order valence-electron chi connectivity index (χ0n) is 11.8. The molecule has 0 aliphatic heterocycles. The number of carboxylic acids is 1. The van der Waals surface area contributed by atoms with Gasteiger partial charge < -0.3 is 20.1 Å². The minimum Gasteiger partial charge on any atom is -0.480 e. The molecule has 0 aromatic rings. The Morgan fingerprint density at radius 3 is 2.26 bits per heavy atom. The van der Waals surface area contributed by atoms with Crippen LogP contribution in [0.1, 0.15) is 27.2 Å². The van der Waals surface area contributed by atoms with E-state index in [1.807, 2.05) is 6.92 Å². The third kappa shape index (κ3) is 6.08. The standard InChI is InChI=1S/C12H22N2O5/c1-5-6-14(7-9(15)16)11(17)10(8(2)3)13-12(18)19-4/h8,10H,5-7H2,1-4H3,(H,13,18)(H,15,16). The lowest BCUT2D eigenvalue weighted by Crippen LogP contribution is -2.52. The Balaban J connectivity index is 4.91. The molecule has 0 heterocycles. The van der Waals surface area contributed by atoms with Crippen molar-refractivity contribution in [2.75, 3.05) is 20.2 Å². The number of nitrogens with zero attached hydrogens (tertiary/aromatic N) is 1. The van der Waals surface area contributed by atoms with Crippen LogP contribution in [0.3, 0.4) is 0 Å². The summed E-state index contributed by atoms with van der Waals surface area (Å²) in [5.41, 5.74) is 0. The van der Waals surface area contributed by atoms with Gasteiger partial charge in [0.2, 0.25) is 5.91 Å². The van der Waals surface area contributed by atoms with Crippen LogP contribution in [-0.4, -0.2) is 54.2 Å². The fraction of sp³-hybridized carbons (Fsp3) is 0.750. The highest BCUT2D eigenvalue weighted by Gasteiger charge is 2.29. The number of amides is 2. The summed E-state index contributed by atoms with van der Waals surface area (Å²) in [6, 6.07) is -0.793. The molecule has 0 spiro atoms. The first-order valence-electron chi connectivity index (χ1n) is 6.18. The highest BCUT2D eigenvalue weighted by Crippen LogP contribution is 2.07. The number of methoxy groups -OCH3 is 1. The van der Waals surface area contributed by atoms with Crippen LogP contribution in [0.25, 0.3) is 0 Å². The van der Waals surface area contributed by atoms with Gasteiger partial charge in [0.25, 0.3) is 0 Å². The van der Waals surface area contributed by atoms with E-state index >= 15 is 0 Å². The van der Waals surface area contributed by atoms with Crippen LogP contribution in [0.5, 0.6) is 0 Å². The van der Waals surface area contributed by atoms with E-state index in [2.05, 4.69) is 10.1 Å². The number of carbonyl (C=O) groups excluding carboxylic acids is 2. The molecule has 2 N–H and O–H groups in total. The average molecular weight is 274 g/mol. The molecule has 0 aromatic heterocycles.